The molecule has 6 nitrogen and oxygen atoms in total. The van der Waals surface area contributed by atoms with Gasteiger partial charge in [0.25, 0.3) is 0 Å². The van der Waals surface area contributed by atoms with E-state index in [1.807, 2.05) is 12.1 Å². The molecule has 0 saturated heterocycles. The van der Waals surface area contributed by atoms with Crippen molar-refractivity contribution in [3.05, 3.63) is 64.7 Å². The van der Waals surface area contributed by atoms with Crippen LogP contribution in [0.1, 0.15) is 47.3 Å². The molecule has 1 atom stereocenters. The van der Waals surface area contributed by atoms with Crippen molar-refractivity contribution in [2.75, 3.05) is 7.05 Å². The quantitative estimate of drug-likeness (QED) is 0.483. The van der Waals surface area contributed by atoms with Crippen LogP contribution in [0.15, 0.2) is 47.5 Å². The second-order valence-electron chi connectivity index (χ2n) is 6.79. The zero-order chi connectivity index (χ0) is 20.5. The summed E-state index contributed by atoms with van der Waals surface area (Å²) in [5.41, 5.74) is 9.05. The number of aliphatic imine (C=N–C) groups is 1. The predicted molar refractivity (Wildman–Crippen MR) is 114 cm³/mol. The Balaban J connectivity index is 1.96. The highest BCUT2D eigenvalue weighted by atomic mass is 16.5. The summed E-state index contributed by atoms with van der Waals surface area (Å²) in [5, 5.41) is 6.59. The van der Waals surface area contributed by atoms with E-state index in [9.17, 15) is 4.79 Å². The lowest BCUT2D eigenvalue weighted by atomic mass is 10.1. The average Bonchev–Trinajstić information content (AvgIpc) is 2.69. The van der Waals surface area contributed by atoms with Crippen LogP contribution in [0.3, 0.4) is 0 Å². The lowest BCUT2D eigenvalue weighted by Crippen LogP contribution is -2.36. The maximum absolute atomic E-state index is 11.1. The van der Waals surface area contributed by atoms with Crippen LogP contribution < -0.4 is 21.1 Å². The number of ether oxygens (including phenoxy) is 1. The lowest BCUT2D eigenvalue weighted by molar-refractivity contribution is 0.100. The second kappa shape index (κ2) is 10.3. The maximum Gasteiger partial charge on any atom is 0.248 e. The van der Waals surface area contributed by atoms with Gasteiger partial charge in [0.15, 0.2) is 5.96 Å². The van der Waals surface area contributed by atoms with Gasteiger partial charge in [0.2, 0.25) is 5.91 Å². The van der Waals surface area contributed by atoms with Gasteiger partial charge in [0, 0.05) is 31.3 Å². The molecule has 0 aliphatic rings. The van der Waals surface area contributed by atoms with E-state index in [0.29, 0.717) is 24.6 Å². The van der Waals surface area contributed by atoms with Crippen molar-refractivity contribution < 1.29 is 9.53 Å². The summed E-state index contributed by atoms with van der Waals surface area (Å²) in [6, 6.07) is 13.4. The minimum absolute atomic E-state index is 0.168. The SMILES string of the molecule is CCC(C)Oc1cc(C)ccc1CNC(=NC)NCc1ccc(C(N)=O)cc1. The van der Waals surface area contributed by atoms with Gasteiger partial charge in [0.05, 0.1) is 6.10 Å². The fraction of sp³-hybridized carbons (Fsp3) is 0.364. The van der Waals surface area contributed by atoms with Gasteiger partial charge in [-0.05, 0) is 49.6 Å². The first kappa shape index (κ1) is 21.3. The van der Waals surface area contributed by atoms with Crippen LogP contribution in [-0.4, -0.2) is 25.0 Å². The molecule has 28 heavy (non-hydrogen) atoms. The number of carbonyl (C=O) groups excluding carboxylic acids is 1. The first-order chi connectivity index (χ1) is 13.4. The van der Waals surface area contributed by atoms with Gasteiger partial charge >= 0.3 is 0 Å². The molecule has 2 aromatic rings. The molecule has 0 saturated carbocycles. The number of benzene rings is 2. The molecule has 2 aromatic carbocycles. The van der Waals surface area contributed by atoms with Crippen LogP contribution in [0.4, 0.5) is 0 Å². The van der Waals surface area contributed by atoms with Gasteiger partial charge in [-0.2, -0.15) is 0 Å². The molecule has 2 rings (SSSR count). The maximum atomic E-state index is 11.1. The van der Waals surface area contributed by atoms with E-state index in [0.717, 1.165) is 23.3 Å². The minimum atomic E-state index is -0.425. The summed E-state index contributed by atoms with van der Waals surface area (Å²) in [6.07, 6.45) is 1.12. The van der Waals surface area contributed by atoms with Crippen LogP contribution in [0.25, 0.3) is 0 Å². The molecular formula is C22H30N4O2. The molecule has 0 aliphatic heterocycles. The number of aryl methyl sites for hydroxylation is 1. The van der Waals surface area contributed by atoms with E-state index < -0.39 is 5.91 Å². The van der Waals surface area contributed by atoms with Crippen molar-refractivity contribution in [3.63, 3.8) is 0 Å². The third-order valence-electron chi connectivity index (χ3n) is 4.49. The van der Waals surface area contributed by atoms with Crippen molar-refractivity contribution in [2.45, 2.75) is 46.4 Å². The molecule has 0 aromatic heterocycles. The van der Waals surface area contributed by atoms with Crippen LogP contribution in [0.5, 0.6) is 5.75 Å². The molecule has 6 heteroatoms. The smallest absolute Gasteiger partial charge is 0.248 e. The average molecular weight is 383 g/mol. The Morgan fingerprint density at radius 2 is 1.82 bits per heavy atom. The predicted octanol–water partition coefficient (Wildman–Crippen LogP) is 3.14. The molecule has 0 aliphatic carbocycles. The summed E-state index contributed by atoms with van der Waals surface area (Å²) in [5.74, 6) is 1.17. The van der Waals surface area contributed by atoms with Gasteiger partial charge in [-0.15, -0.1) is 0 Å². The van der Waals surface area contributed by atoms with Crippen LogP contribution in [0.2, 0.25) is 0 Å². The fourth-order valence-electron chi connectivity index (χ4n) is 2.59. The summed E-state index contributed by atoms with van der Waals surface area (Å²) in [6.45, 7) is 7.43. The van der Waals surface area contributed by atoms with E-state index in [2.05, 4.69) is 54.6 Å². The largest absolute Gasteiger partial charge is 0.490 e. The van der Waals surface area contributed by atoms with Crippen molar-refractivity contribution in [2.24, 2.45) is 10.7 Å². The molecular weight excluding hydrogens is 352 g/mol. The van der Waals surface area contributed by atoms with E-state index in [-0.39, 0.29) is 6.10 Å². The van der Waals surface area contributed by atoms with Crippen LogP contribution in [-0.2, 0) is 13.1 Å². The number of hydrogen-bond donors (Lipinski definition) is 3. The molecule has 0 radical (unpaired) electrons. The third-order valence-corrected chi connectivity index (χ3v) is 4.49. The molecule has 1 unspecified atom stereocenters. The molecule has 1 amide bonds. The molecule has 0 fully saturated rings. The van der Waals surface area contributed by atoms with Crippen molar-refractivity contribution in [1.29, 1.82) is 0 Å². The topological polar surface area (TPSA) is 88.7 Å². The number of carbonyl (C=O) groups is 1. The number of nitrogens with zero attached hydrogens (tertiary/aromatic N) is 1. The highest BCUT2D eigenvalue weighted by Gasteiger charge is 2.09. The van der Waals surface area contributed by atoms with Crippen LogP contribution in [0, 0.1) is 6.92 Å². The van der Waals surface area contributed by atoms with Crippen molar-refractivity contribution in [1.82, 2.24) is 10.6 Å². The Kier molecular flexibility index (Phi) is 7.87. The van der Waals surface area contributed by atoms with E-state index in [4.69, 9.17) is 10.5 Å². The Hall–Kier alpha value is -3.02. The van der Waals surface area contributed by atoms with Gasteiger partial charge in [-0.3, -0.25) is 9.79 Å². The first-order valence-electron chi connectivity index (χ1n) is 9.52. The third kappa shape index (κ3) is 6.30. The number of nitrogens with one attached hydrogen (secondary N) is 2. The molecule has 150 valence electrons. The zero-order valence-corrected chi connectivity index (χ0v) is 17.1. The minimum Gasteiger partial charge on any atom is -0.490 e. The summed E-state index contributed by atoms with van der Waals surface area (Å²) in [4.78, 5) is 15.4. The zero-order valence-electron chi connectivity index (χ0n) is 17.1. The Bertz CT molecular complexity index is 816. The monoisotopic (exact) mass is 382 g/mol. The fourth-order valence-corrected chi connectivity index (χ4v) is 2.59. The second-order valence-corrected chi connectivity index (χ2v) is 6.79. The van der Waals surface area contributed by atoms with Crippen LogP contribution >= 0.6 is 0 Å². The Morgan fingerprint density at radius 1 is 1.14 bits per heavy atom. The first-order valence-corrected chi connectivity index (χ1v) is 9.52. The number of nitrogens with two attached hydrogens (primary N) is 1. The standard InChI is InChI=1S/C22H30N4O2/c1-5-16(3)28-20-12-15(2)6-9-19(20)14-26-22(24-4)25-13-17-7-10-18(11-8-17)21(23)27/h6-12,16H,5,13-14H2,1-4H3,(H2,23,27)(H2,24,25,26). The molecule has 0 spiro atoms. The summed E-state index contributed by atoms with van der Waals surface area (Å²) in [7, 11) is 1.73. The number of amides is 1. The van der Waals surface area contributed by atoms with Gasteiger partial charge in [-0.1, -0.05) is 31.2 Å². The summed E-state index contributed by atoms with van der Waals surface area (Å²) < 4.78 is 6.06. The van der Waals surface area contributed by atoms with Crippen molar-refractivity contribution >= 4 is 11.9 Å². The summed E-state index contributed by atoms with van der Waals surface area (Å²) >= 11 is 0. The molecule has 4 N–H and O–H groups in total. The van der Waals surface area contributed by atoms with E-state index >= 15 is 0 Å². The van der Waals surface area contributed by atoms with Crippen molar-refractivity contribution in [3.8, 4) is 5.75 Å². The van der Waals surface area contributed by atoms with Gasteiger partial charge in [0.1, 0.15) is 5.75 Å². The highest BCUT2D eigenvalue weighted by molar-refractivity contribution is 5.92. The van der Waals surface area contributed by atoms with E-state index in [1.54, 1.807) is 19.2 Å². The Labute approximate surface area is 167 Å². The van der Waals surface area contributed by atoms with Gasteiger partial charge in [-0.25, -0.2) is 0 Å². The number of rotatable bonds is 8. The Morgan fingerprint density at radius 3 is 2.43 bits per heavy atom. The number of hydrogen-bond acceptors (Lipinski definition) is 3. The highest BCUT2D eigenvalue weighted by Crippen LogP contribution is 2.22. The van der Waals surface area contributed by atoms with Gasteiger partial charge < -0.3 is 21.1 Å². The number of primary amides is 1. The number of guanidine groups is 1. The normalized spacial score (nSPS) is 12.4. The lowest BCUT2D eigenvalue weighted by Gasteiger charge is -2.18. The molecule has 0 heterocycles. The molecule has 0 bridgehead atoms. The van der Waals surface area contributed by atoms with E-state index in [1.165, 1.54) is 5.56 Å².